The first-order chi connectivity index (χ1) is 15.7. The topological polar surface area (TPSA) is 60.7 Å². The van der Waals surface area contributed by atoms with Crippen LogP contribution in [-0.2, 0) is 0 Å². The van der Waals surface area contributed by atoms with Crippen molar-refractivity contribution in [3.63, 3.8) is 0 Å². The summed E-state index contributed by atoms with van der Waals surface area (Å²) in [6.45, 7) is 18.6. The Kier molecular flexibility index (Phi) is 15.9. The molecule has 3 unspecified atom stereocenters. The van der Waals surface area contributed by atoms with Gasteiger partial charge in [0.05, 0.1) is 17.8 Å². The molecule has 0 aliphatic rings. The van der Waals surface area contributed by atoms with E-state index in [1.165, 1.54) is 22.3 Å². The van der Waals surface area contributed by atoms with Crippen LogP contribution < -0.4 is 0 Å². The molecule has 0 radical (unpaired) electrons. The normalized spacial score (nSPS) is 16.6. The molecule has 3 heteroatoms. The molecular weight excluding hydrogens is 420 g/mol. The second-order valence-electron chi connectivity index (χ2n) is 11.8. The fourth-order valence-corrected chi connectivity index (χ4v) is 4.02. The smallest absolute Gasteiger partial charge is 0.0880 e. The second-order valence-corrected chi connectivity index (χ2v) is 11.8. The highest BCUT2D eigenvalue weighted by atomic mass is 16.3. The van der Waals surface area contributed by atoms with Gasteiger partial charge in [-0.25, -0.2) is 0 Å². The summed E-state index contributed by atoms with van der Waals surface area (Å²) in [6, 6.07) is 0. The highest BCUT2D eigenvalue weighted by molar-refractivity contribution is 5.05. The lowest BCUT2D eigenvalue weighted by Gasteiger charge is -2.34. The molecule has 0 aromatic rings. The van der Waals surface area contributed by atoms with Crippen LogP contribution in [0.15, 0.2) is 46.6 Å². The Morgan fingerprint density at radius 1 is 0.618 bits per heavy atom. The van der Waals surface area contributed by atoms with E-state index in [-0.39, 0.29) is 5.41 Å². The van der Waals surface area contributed by atoms with Gasteiger partial charge in [0.15, 0.2) is 0 Å². The van der Waals surface area contributed by atoms with E-state index in [2.05, 4.69) is 65.8 Å². The molecule has 3 N–H and O–H groups in total. The summed E-state index contributed by atoms with van der Waals surface area (Å²) in [7, 11) is 0. The Hall–Kier alpha value is -1.16. The Morgan fingerprint density at radius 2 is 1.09 bits per heavy atom. The average Bonchev–Trinajstić information content (AvgIpc) is 2.71. The van der Waals surface area contributed by atoms with Gasteiger partial charge in [-0.15, -0.1) is 0 Å². The van der Waals surface area contributed by atoms with E-state index >= 15 is 0 Å². The van der Waals surface area contributed by atoms with Crippen LogP contribution in [0.1, 0.15) is 127 Å². The third-order valence-corrected chi connectivity index (χ3v) is 6.94. The van der Waals surface area contributed by atoms with E-state index < -0.39 is 17.8 Å². The van der Waals surface area contributed by atoms with Crippen molar-refractivity contribution in [2.24, 2.45) is 5.41 Å². The van der Waals surface area contributed by atoms with Gasteiger partial charge in [0, 0.05) is 0 Å². The fraction of sp³-hybridized carbons (Fsp3) is 0.742. The predicted molar refractivity (Wildman–Crippen MR) is 149 cm³/mol. The number of aliphatic hydroxyl groups is 3. The van der Waals surface area contributed by atoms with Crippen molar-refractivity contribution in [3.05, 3.63) is 46.6 Å². The SMILES string of the molecule is CC(C)=CCCC(C)=CCCC(C)=CCCC(O)C(C)(C)CCC(O)C(C)(O)CCC=C(C)C. The second kappa shape index (κ2) is 16.5. The zero-order chi connectivity index (χ0) is 26.4. The summed E-state index contributed by atoms with van der Waals surface area (Å²) in [6.07, 6.45) is 16.2. The van der Waals surface area contributed by atoms with Crippen LogP contribution in [0.5, 0.6) is 0 Å². The Labute approximate surface area is 211 Å². The van der Waals surface area contributed by atoms with Crippen molar-refractivity contribution in [2.45, 2.75) is 144 Å². The van der Waals surface area contributed by atoms with Gasteiger partial charge in [-0.1, -0.05) is 60.4 Å². The van der Waals surface area contributed by atoms with Crippen LogP contribution in [0.4, 0.5) is 0 Å². The third-order valence-electron chi connectivity index (χ3n) is 6.94. The zero-order valence-corrected chi connectivity index (χ0v) is 23.9. The highest BCUT2D eigenvalue weighted by Crippen LogP contribution is 2.33. The van der Waals surface area contributed by atoms with E-state index in [0.717, 1.165) is 44.9 Å². The van der Waals surface area contributed by atoms with Crippen molar-refractivity contribution in [1.82, 2.24) is 0 Å². The molecule has 0 spiro atoms. The number of allylic oxidation sites excluding steroid dienone is 8. The number of aliphatic hydroxyl groups excluding tert-OH is 2. The lowest BCUT2D eigenvalue weighted by atomic mass is 9.77. The van der Waals surface area contributed by atoms with Gasteiger partial charge < -0.3 is 15.3 Å². The summed E-state index contributed by atoms with van der Waals surface area (Å²) >= 11 is 0. The van der Waals surface area contributed by atoms with E-state index in [4.69, 9.17) is 0 Å². The van der Waals surface area contributed by atoms with Crippen LogP contribution in [0, 0.1) is 5.41 Å². The molecule has 0 saturated heterocycles. The monoisotopic (exact) mass is 476 g/mol. The molecular formula is C31H56O3. The van der Waals surface area contributed by atoms with Gasteiger partial charge in [-0.3, -0.25) is 0 Å². The molecule has 34 heavy (non-hydrogen) atoms. The summed E-state index contributed by atoms with van der Waals surface area (Å²) in [5.41, 5.74) is 4.03. The van der Waals surface area contributed by atoms with Crippen LogP contribution in [0.3, 0.4) is 0 Å². The Balaban J connectivity index is 4.45. The van der Waals surface area contributed by atoms with Gasteiger partial charge in [-0.2, -0.15) is 0 Å². The Bertz CT molecular complexity index is 683. The van der Waals surface area contributed by atoms with Gasteiger partial charge in [0.25, 0.3) is 0 Å². The summed E-state index contributed by atoms with van der Waals surface area (Å²) in [4.78, 5) is 0. The Morgan fingerprint density at radius 3 is 1.62 bits per heavy atom. The largest absolute Gasteiger partial charge is 0.393 e. The van der Waals surface area contributed by atoms with E-state index in [1.807, 2.05) is 13.8 Å². The maximum atomic E-state index is 10.8. The molecule has 0 aromatic heterocycles. The van der Waals surface area contributed by atoms with Crippen LogP contribution in [-0.4, -0.2) is 33.1 Å². The van der Waals surface area contributed by atoms with E-state index in [0.29, 0.717) is 19.3 Å². The van der Waals surface area contributed by atoms with Crippen molar-refractivity contribution < 1.29 is 15.3 Å². The maximum Gasteiger partial charge on any atom is 0.0880 e. The van der Waals surface area contributed by atoms with Crippen LogP contribution >= 0.6 is 0 Å². The minimum absolute atomic E-state index is 0.302. The van der Waals surface area contributed by atoms with Gasteiger partial charge >= 0.3 is 0 Å². The minimum atomic E-state index is -1.11. The van der Waals surface area contributed by atoms with Gasteiger partial charge in [0.2, 0.25) is 0 Å². The molecule has 0 amide bonds. The molecule has 0 fully saturated rings. The summed E-state index contributed by atoms with van der Waals surface area (Å²) in [5.74, 6) is 0. The summed E-state index contributed by atoms with van der Waals surface area (Å²) in [5, 5.41) is 32.0. The molecule has 0 saturated carbocycles. The molecule has 198 valence electrons. The lowest BCUT2D eigenvalue weighted by Crippen LogP contribution is -2.40. The maximum absolute atomic E-state index is 10.8. The molecule has 0 bridgehead atoms. The highest BCUT2D eigenvalue weighted by Gasteiger charge is 2.33. The number of hydrogen-bond donors (Lipinski definition) is 3. The van der Waals surface area contributed by atoms with Crippen molar-refractivity contribution >= 4 is 0 Å². The molecule has 0 rings (SSSR count). The van der Waals surface area contributed by atoms with Gasteiger partial charge in [0.1, 0.15) is 0 Å². The van der Waals surface area contributed by atoms with Gasteiger partial charge in [-0.05, 0) is 118 Å². The third kappa shape index (κ3) is 15.7. The lowest BCUT2D eigenvalue weighted by molar-refractivity contribution is -0.0777. The molecule has 0 heterocycles. The van der Waals surface area contributed by atoms with Crippen molar-refractivity contribution in [2.75, 3.05) is 0 Å². The zero-order valence-electron chi connectivity index (χ0n) is 23.9. The average molecular weight is 477 g/mol. The molecule has 3 nitrogen and oxygen atoms in total. The molecule has 0 aliphatic heterocycles. The van der Waals surface area contributed by atoms with E-state index in [9.17, 15) is 15.3 Å². The predicted octanol–water partition coefficient (Wildman–Crippen LogP) is 8.21. The molecule has 0 aliphatic carbocycles. The van der Waals surface area contributed by atoms with Crippen LogP contribution in [0.25, 0.3) is 0 Å². The summed E-state index contributed by atoms with van der Waals surface area (Å²) < 4.78 is 0. The first-order valence-electron chi connectivity index (χ1n) is 13.3. The van der Waals surface area contributed by atoms with Crippen molar-refractivity contribution in [1.29, 1.82) is 0 Å². The molecule has 0 aromatic carbocycles. The molecule has 3 atom stereocenters. The van der Waals surface area contributed by atoms with Crippen molar-refractivity contribution in [3.8, 4) is 0 Å². The van der Waals surface area contributed by atoms with E-state index in [1.54, 1.807) is 6.92 Å². The number of rotatable bonds is 17. The quantitative estimate of drug-likeness (QED) is 0.185. The standard InChI is InChI=1S/C31H56O3/c1-24(2)14-10-16-26(5)17-11-18-27(6)19-12-20-28(32)30(7,8)23-21-29(33)31(9,34)22-13-15-25(3)4/h14-15,17,19,28-29,32-34H,10-13,16,18,20-23H2,1-9H3. The first-order valence-corrected chi connectivity index (χ1v) is 13.3. The number of hydrogen-bond acceptors (Lipinski definition) is 3. The first kappa shape index (κ1) is 32.8. The fourth-order valence-electron chi connectivity index (χ4n) is 4.02. The van der Waals surface area contributed by atoms with Crippen LogP contribution in [0.2, 0.25) is 0 Å². The minimum Gasteiger partial charge on any atom is -0.393 e.